The van der Waals surface area contributed by atoms with Crippen LogP contribution in [0.3, 0.4) is 0 Å². The van der Waals surface area contributed by atoms with Crippen LogP contribution in [0.25, 0.3) is 0 Å². The summed E-state index contributed by atoms with van der Waals surface area (Å²) in [7, 11) is 0. The topological polar surface area (TPSA) is 51.0 Å². The smallest absolute Gasteiger partial charge is 0.248 e. The quantitative estimate of drug-likeness (QED) is 0.843. The van der Waals surface area contributed by atoms with Gasteiger partial charge in [-0.15, -0.1) is 10.2 Å². The van der Waals surface area contributed by atoms with Gasteiger partial charge in [-0.3, -0.25) is 0 Å². The Bertz CT molecular complexity index is 444. The second-order valence-corrected chi connectivity index (χ2v) is 6.94. The lowest BCUT2D eigenvalue weighted by atomic mass is 9.87. The summed E-state index contributed by atoms with van der Waals surface area (Å²) in [6.07, 6.45) is 2.34. The molecule has 2 rings (SSSR count). The first-order valence-corrected chi connectivity index (χ1v) is 7.70. The minimum atomic E-state index is -2.52. The molecule has 1 aliphatic rings. The molecule has 0 radical (unpaired) electrons. The molecule has 0 atom stereocenters. The largest absolute Gasteiger partial charge is 0.425 e. The molecular weight excluding hydrogens is 276 g/mol. The van der Waals surface area contributed by atoms with Crippen LogP contribution in [0.2, 0.25) is 0 Å². The summed E-state index contributed by atoms with van der Waals surface area (Å²) in [5.41, 5.74) is 0.104. The Morgan fingerprint density at radius 3 is 2.52 bits per heavy atom. The van der Waals surface area contributed by atoms with Gasteiger partial charge in [-0.2, -0.15) is 0 Å². The van der Waals surface area contributed by atoms with Crippen molar-refractivity contribution >= 4 is 0 Å². The summed E-state index contributed by atoms with van der Waals surface area (Å²) >= 11 is 0. The van der Waals surface area contributed by atoms with Crippen molar-refractivity contribution in [3.63, 3.8) is 0 Å². The van der Waals surface area contributed by atoms with Crippen LogP contribution in [-0.2, 0) is 6.42 Å². The molecule has 0 aliphatic heterocycles. The maximum atomic E-state index is 13.1. The zero-order valence-corrected chi connectivity index (χ0v) is 13.1. The predicted molar refractivity (Wildman–Crippen MR) is 76.5 cm³/mol. The standard InChI is InChI=1S/C15H25F2N3O/c1-14(2,3)18-10-4-5-12-19-20-13(21-12)11-6-8-15(16,17)9-7-11/h11,18H,4-10H2,1-3H3. The molecule has 1 aromatic rings. The molecule has 0 saturated heterocycles. The van der Waals surface area contributed by atoms with E-state index in [0.29, 0.717) is 24.6 Å². The summed E-state index contributed by atoms with van der Waals surface area (Å²) in [5.74, 6) is -1.38. The molecule has 1 aromatic heterocycles. The second kappa shape index (κ2) is 6.38. The predicted octanol–water partition coefficient (Wildman–Crippen LogP) is 3.68. The van der Waals surface area contributed by atoms with Gasteiger partial charge >= 0.3 is 0 Å². The van der Waals surface area contributed by atoms with Gasteiger partial charge in [-0.1, -0.05) is 0 Å². The highest BCUT2D eigenvalue weighted by Crippen LogP contribution is 2.40. The number of hydrogen-bond acceptors (Lipinski definition) is 4. The zero-order valence-electron chi connectivity index (χ0n) is 13.1. The third-order valence-corrected chi connectivity index (χ3v) is 3.77. The first-order valence-electron chi connectivity index (χ1n) is 7.70. The van der Waals surface area contributed by atoms with E-state index in [1.165, 1.54) is 0 Å². The zero-order chi connectivity index (χ0) is 15.5. The van der Waals surface area contributed by atoms with Crippen LogP contribution in [0, 0.1) is 0 Å². The van der Waals surface area contributed by atoms with E-state index in [0.717, 1.165) is 19.4 Å². The van der Waals surface area contributed by atoms with Crippen LogP contribution in [0.1, 0.15) is 70.6 Å². The van der Waals surface area contributed by atoms with E-state index in [2.05, 4.69) is 36.3 Å². The average Bonchev–Trinajstić information content (AvgIpc) is 2.82. The number of nitrogens with one attached hydrogen (secondary N) is 1. The Morgan fingerprint density at radius 1 is 1.24 bits per heavy atom. The fraction of sp³-hybridized carbons (Fsp3) is 0.867. The number of aromatic nitrogens is 2. The Balaban J connectivity index is 1.77. The van der Waals surface area contributed by atoms with Crippen molar-refractivity contribution in [2.75, 3.05) is 6.54 Å². The molecule has 1 fully saturated rings. The van der Waals surface area contributed by atoms with Gasteiger partial charge in [0.2, 0.25) is 17.7 Å². The Morgan fingerprint density at radius 2 is 1.90 bits per heavy atom. The summed E-state index contributed by atoms with van der Waals surface area (Å²) in [4.78, 5) is 0. The third-order valence-electron chi connectivity index (χ3n) is 3.77. The van der Waals surface area contributed by atoms with Crippen LogP contribution in [-0.4, -0.2) is 28.2 Å². The van der Waals surface area contributed by atoms with E-state index < -0.39 is 5.92 Å². The van der Waals surface area contributed by atoms with Gasteiger partial charge in [0, 0.05) is 30.7 Å². The number of nitrogens with zero attached hydrogens (tertiary/aromatic N) is 2. The molecular formula is C15H25F2N3O. The lowest BCUT2D eigenvalue weighted by molar-refractivity contribution is -0.0399. The fourth-order valence-electron chi connectivity index (χ4n) is 2.52. The Kier molecular flexibility index (Phi) is 4.96. The van der Waals surface area contributed by atoms with Gasteiger partial charge in [0.05, 0.1) is 0 Å². The molecule has 1 saturated carbocycles. The van der Waals surface area contributed by atoms with Crippen LogP contribution < -0.4 is 5.32 Å². The van der Waals surface area contributed by atoms with Crippen LogP contribution in [0.4, 0.5) is 8.78 Å². The SMILES string of the molecule is CC(C)(C)NCCCc1nnc(C2CCC(F)(F)CC2)o1. The number of hydrogen-bond donors (Lipinski definition) is 1. The van der Waals surface area contributed by atoms with Crippen molar-refractivity contribution < 1.29 is 13.2 Å². The summed E-state index contributed by atoms with van der Waals surface area (Å²) in [5, 5.41) is 11.5. The average molecular weight is 301 g/mol. The number of aryl methyl sites for hydroxylation is 1. The monoisotopic (exact) mass is 301 g/mol. The first kappa shape index (κ1) is 16.3. The van der Waals surface area contributed by atoms with Crippen LogP contribution in [0.15, 0.2) is 4.42 Å². The molecule has 120 valence electrons. The number of rotatable bonds is 5. The highest BCUT2D eigenvalue weighted by atomic mass is 19.3. The number of halogens is 2. The summed E-state index contributed by atoms with van der Waals surface area (Å²) in [6, 6.07) is 0. The molecule has 4 nitrogen and oxygen atoms in total. The molecule has 1 N–H and O–H groups in total. The summed E-state index contributed by atoms with van der Waals surface area (Å²) < 4.78 is 31.9. The highest BCUT2D eigenvalue weighted by Gasteiger charge is 2.37. The van der Waals surface area contributed by atoms with Crippen molar-refractivity contribution in [3.05, 3.63) is 11.8 Å². The first-order chi connectivity index (χ1) is 9.75. The molecule has 1 aliphatic carbocycles. The highest BCUT2D eigenvalue weighted by molar-refractivity contribution is 4.96. The molecule has 6 heteroatoms. The maximum absolute atomic E-state index is 13.1. The third kappa shape index (κ3) is 5.34. The molecule has 0 unspecified atom stereocenters. The normalized spacial score (nSPS) is 19.9. The van der Waals surface area contributed by atoms with Gasteiger partial charge in [0.25, 0.3) is 0 Å². The molecule has 0 bridgehead atoms. The van der Waals surface area contributed by atoms with Crippen LogP contribution in [0.5, 0.6) is 0 Å². The van der Waals surface area contributed by atoms with Crippen LogP contribution >= 0.6 is 0 Å². The van der Waals surface area contributed by atoms with Gasteiger partial charge in [0.15, 0.2) is 0 Å². The Labute approximate surface area is 124 Å². The van der Waals surface area contributed by atoms with Crippen molar-refractivity contribution in [2.45, 2.75) is 76.7 Å². The van der Waals surface area contributed by atoms with Gasteiger partial charge in [-0.25, -0.2) is 8.78 Å². The minimum absolute atomic E-state index is 0.00132. The van der Waals surface area contributed by atoms with Crippen molar-refractivity contribution in [1.29, 1.82) is 0 Å². The van der Waals surface area contributed by atoms with Crippen molar-refractivity contribution in [3.8, 4) is 0 Å². The molecule has 21 heavy (non-hydrogen) atoms. The van der Waals surface area contributed by atoms with E-state index >= 15 is 0 Å². The van der Waals surface area contributed by atoms with E-state index in [1.807, 2.05) is 0 Å². The van der Waals surface area contributed by atoms with Gasteiger partial charge in [0.1, 0.15) is 0 Å². The van der Waals surface area contributed by atoms with Gasteiger partial charge < -0.3 is 9.73 Å². The van der Waals surface area contributed by atoms with E-state index in [4.69, 9.17) is 4.42 Å². The van der Waals surface area contributed by atoms with Crippen molar-refractivity contribution in [2.24, 2.45) is 0 Å². The molecule has 0 amide bonds. The van der Waals surface area contributed by atoms with E-state index in [1.54, 1.807) is 0 Å². The molecule has 1 heterocycles. The van der Waals surface area contributed by atoms with E-state index in [-0.39, 0.29) is 24.3 Å². The van der Waals surface area contributed by atoms with Crippen molar-refractivity contribution in [1.82, 2.24) is 15.5 Å². The minimum Gasteiger partial charge on any atom is -0.425 e. The lowest BCUT2D eigenvalue weighted by Crippen LogP contribution is -2.36. The fourth-order valence-corrected chi connectivity index (χ4v) is 2.52. The summed E-state index contributed by atoms with van der Waals surface area (Å²) in [6.45, 7) is 7.25. The second-order valence-electron chi connectivity index (χ2n) is 6.94. The maximum Gasteiger partial charge on any atom is 0.248 e. The lowest BCUT2D eigenvalue weighted by Gasteiger charge is -2.25. The number of alkyl halides is 2. The Hall–Kier alpha value is -1.04. The molecule has 0 aromatic carbocycles. The van der Waals surface area contributed by atoms with Gasteiger partial charge in [-0.05, 0) is 46.6 Å². The molecule has 0 spiro atoms. The van der Waals surface area contributed by atoms with E-state index in [9.17, 15) is 8.78 Å².